The van der Waals surface area contributed by atoms with E-state index >= 15 is 0 Å². The molecule has 2 rings (SSSR count). The van der Waals surface area contributed by atoms with Crippen LogP contribution < -0.4 is 5.32 Å². The molecule has 2 nitrogen and oxygen atoms in total. The van der Waals surface area contributed by atoms with Crippen molar-refractivity contribution in [2.45, 2.75) is 6.92 Å². The minimum absolute atomic E-state index is 0.257. The first-order valence-corrected chi connectivity index (χ1v) is 6.67. The van der Waals surface area contributed by atoms with Gasteiger partial charge in [0.25, 0.3) is 5.91 Å². The van der Waals surface area contributed by atoms with Crippen molar-refractivity contribution >= 4 is 39.1 Å². The third kappa shape index (κ3) is 3.33. The van der Waals surface area contributed by atoms with E-state index in [2.05, 4.69) is 21.2 Å². The van der Waals surface area contributed by atoms with Crippen molar-refractivity contribution in [3.05, 3.63) is 62.8 Å². The lowest BCUT2D eigenvalue weighted by Gasteiger charge is -2.08. The van der Waals surface area contributed by atoms with Crippen molar-refractivity contribution in [2.75, 3.05) is 5.32 Å². The van der Waals surface area contributed by atoms with Gasteiger partial charge in [0.2, 0.25) is 0 Å². The van der Waals surface area contributed by atoms with E-state index in [1.807, 2.05) is 6.92 Å². The van der Waals surface area contributed by atoms with Crippen LogP contribution in [0.3, 0.4) is 0 Å². The first kappa shape index (κ1) is 14.0. The van der Waals surface area contributed by atoms with Crippen LogP contribution in [0, 0.1) is 12.7 Å². The Morgan fingerprint density at radius 3 is 2.68 bits per heavy atom. The molecule has 0 aliphatic heterocycles. The summed E-state index contributed by atoms with van der Waals surface area (Å²) in [5, 5.41) is 2.88. The first-order valence-electron chi connectivity index (χ1n) is 5.50. The quantitative estimate of drug-likeness (QED) is 0.834. The van der Waals surface area contributed by atoms with Crippen molar-refractivity contribution in [1.82, 2.24) is 0 Å². The number of rotatable bonds is 2. The minimum atomic E-state index is -0.452. The molecule has 0 aliphatic carbocycles. The SMILES string of the molecule is Cc1cc(C(=O)Nc2cc(F)ccc2Cl)ccc1Br. The number of halogens is 3. The van der Waals surface area contributed by atoms with Crippen LogP contribution in [0.15, 0.2) is 40.9 Å². The number of benzene rings is 2. The van der Waals surface area contributed by atoms with Crippen LogP contribution in [0.4, 0.5) is 10.1 Å². The average Bonchev–Trinajstić information content (AvgIpc) is 2.37. The molecule has 0 heterocycles. The van der Waals surface area contributed by atoms with E-state index in [1.165, 1.54) is 18.2 Å². The fourth-order valence-corrected chi connectivity index (χ4v) is 1.99. The fraction of sp³-hybridized carbons (Fsp3) is 0.0714. The van der Waals surface area contributed by atoms with Crippen molar-refractivity contribution in [2.24, 2.45) is 0 Å². The molecule has 5 heteroatoms. The first-order chi connectivity index (χ1) is 8.97. The summed E-state index contributed by atoms with van der Waals surface area (Å²) >= 11 is 9.26. The van der Waals surface area contributed by atoms with E-state index in [-0.39, 0.29) is 11.6 Å². The summed E-state index contributed by atoms with van der Waals surface area (Å²) in [5.41, 5.74) is 1.69. The number of nitrogens with one attached hydrogen (secondary N) is 1. The molecule has 2 aromatic rings. The minimum Gasteiger partial charge on any atom is -0.321 e. The summed E-state index contributed by atoms with van der Waals surface area (Å²) in [5.74, 6) is -0.783. The molecule has 0 atom stereocenters. The van der Waals surface area contributed by atoms with Gasteiger partial charge in [-0.2, -0.15) is 0 Å². The second-order valence-corrected chi connectivity index (χ2v) is 5.30. The van der Waals surface area contributed by atoms with Crippen LogP contribution >= 0.6 is 27.5 Å². The molecule has 98 valence electrons. The van der Waals surface area contributed by atoms with Crippen molar-refractivity contribution in [3.63, 3.8) is 0 Å². The monoisotopic (exact) mass is 341 g/mol. The molecule has 0 spiro atoms. The van der Waals surface area contributed by atoms with Crippen LogP contribution in [-0.4, -0.2) is 5.91 Å². The molecular weight excluding hydrogens is 333 g/mol. The van der Waals surface area contributed by atoms with Gasteiger partial charge < -0.3 is 5.32 Å². The lowest BCUT2D eigenvalue weighted by atomic mass is 10.1. The summed E-state index contributed by atoms with van der Waals surface area (Å²) in [6.45, 7) is 1.88. The van der Waals surface area contributed by atoms with Gasteiger partial charge in [-0.25, -0.2) is 4.39 Å². The summed E-state index contributed by atoms with van der Waals surface area (Å²) in [6, 6.07) is 9.04. The largest absolute Gasteiger partial charge is 0.321 e. The molecular formula is C14H10BrClFNO. The molecule has 0 bridgehead atoms. The maximum Gasteiger partial charge on any atom is 0.255 e. The Balaban J connectivity index is 2.25. The van der Waals surface area contributed by atoms with E-state index < -0.39 is 5.82 Å². The van der Waals surface area contributed by atoms with Gasteiger partial charge in [0.15, 0.2) is 0 Å². The molecule has 1 amide bonds. The molecule has 19 heavy (non-hydrogen) atoms. The Labute approximate surface area is 123 Å². The lowest BCUT2D eigenvalue weighted by Crippen LogP contribution is -2.12. The average molecular weight is 343 g/mol. The van der Waals surface area contributed by atoms with Gasteiger partial charge in [0.1, 0.15) is 5.82 Å². The molecule has 2 aromatic carbocycles. The van der Waals surface area contributed by atoms with E-state index in [0.717, 1.165) is 10.0 Å². The zero-order chi connectivity index (χ0) is 14.0. The zero-order valence-corrected chi connectivity index (χ0v) is 12.3. The Kier molecular flexibility index (Phi) is 4.22. The third-order valence-electron chi connectivity index (χ3n) is 2.60. The Bertz CT molecular complexity index is 645. The van der Waals surface area contributed by atoms with Gasteiger partial charge in [-0.3, -0.25) is 4.79 Å². The van der Waals surface area contributed by atoms with Crippen LogP contribution in [0.25, 0.3) is 0 Å². The van der Waals surface area contributed by atoms with Gasteiger partial charge >= 0.3 is 0 Å². The van der Waals surface area contributed by atoms with Crippen LogP contribution in [0.1, 0.15) is 15.9 Å². The molecule has 0 saturated carbocycles. The Morgan fingerprint density at radius 1 is 1.26 bits per heavy atom. The molecule has 0 fully saturated rings. The molecule has 1 N–H and O–H groups in total. The highest BCUT2D eigenvalue weighted by molar-refractivity contribution is 9.10. The number of anilines is 1. The van der Waals surface area contributed by atoms with Crippen LogP contribution in [0.5, 0.6) is 0 Å². The molecule has 0 saturated heterocycles. The lowest BCUT2D eigenvalue weighted by molar-refractivity contribution is 0.102. The Morgan fingerprint density at radius 2 is 2.00 bits per heavy atom. The summed E-state index contributed by atoms with van der Waals surface area (Å²) in [7, 11) is 0. The number of amides is 1. The Hall–Kier alpha value is -1.39. The molecule has 0 unspecified atom stereocenters. The van der Waals surface area contributed by atoms with Crippen molar-refractivity contribution in [1.29, 1.82) is 0 Å². The van der Waals surface area contributed by atoms with Gasteiger partial charge in [-0.05, 0) is 48.9 Å². The topological polar surface area (TPSA) is 29.1 Å². The number of carbonyl (C=O) groups is 1. The molecule has 0 aliphatic rings. The van der Waals surface area contributed by atoms with Crippen molar-refractivity contribution in [3.8, 4) is 0 Å². The van der Waals surface area contributed by atoms with Crippen LogP contribution in [0.2, 0.25) is 5.02 Å². The normalized spacial score (nSPS) is 10.3. The standard InChI is InChI=1S/C14H10BrClFNO/c1-8-6-9(2-4-11(8)15)14(19)18-13-7-10(17)3-5-12(13)16/h2-7H,1H3,(H,18,19). The molecule has 0 aromatic heterocycles. The number of carbonyl (C=O) groups excluding carboxylic acids is 1. The smallest absolute Gasteiger partial charge is 0.255 e. The zero-order valence-electron chi connectivity index (χ0n) is 10.0. The van der Waals surface area contributed by atoms with Crippen LogP contribution in [-0.2, 0) is 0 Å². The van der Waals surface area contributed by atoms with Gasteiger partial charge in [0, 0.05) is 10.0 Å². The summed E-state index contributed by atoms with van der Waals surface area (Å²) in [6.07, 6.45) is 0. The van der Waals surface area contributed by atoms with E-state index in [1.54, 1.807) is 18.2 Å². The summed E-state index contributed by atoms with van der Waals surface area (Å²) in [4.78, 5) is 12.0. The van der Waals surface area contributed by atoms with E-state index in [4.69, 9.17) is 11.6 Å². The van der Waals surface area contributed by atoms with Gasteiger partial charge in [-0.1, -0.05) is 27.5 Å². The predicted octanol–water partition coefficient (Wildman–Crippen LogP) is 4.80. The summed E-state index contributed by atoms with van der Waals surface area (Å²) < 4.78 is 14.0. The maximum atomic E-state index is 13.1. The highest BCUT2D eigenvalue weighted by atomic mass is 79.9. The second kappa shape index (κ2) is 5.72. The maximum absolute atomic E-state index is 13.1. The van der Waals surface area contributed by atoms with Gasteiger partial charge in [-0.15, -0.1) is 0 Å². The fourth-order valence-electron chi connectivity index (χ4n) is 1.57. The third-order valence-corrected chi connectivity index (χ3v) is 3.82. The van der Waals surface area contributed by atoms with Crippen molar-refractivity contribution < 1.29 is 9.18 Å². The predicted molar refractivity (Wildman–Crippen MR) is 78.2 cm³/mol. The second-order valence-electron chi connectivity index (χ2n) is 4.04. The van der Waals surface area contributed by atoms with E-state index in [9.17, 15) is 9.18 Å². The number of hydrogen-bond donors (Lipinski definition) is 1. The molecule has 0 radical (unpaired) electrons. The highest BCUT2D eigenvalue weighted by Gasteiger charge is 2.10. The van der Waals surface area contributed by atoms with E-state index in [0.29, 0.717) is 10.6 Å². The highest BCUT2D eigenvalue weighted by Crippen LogP contribution is 2.24. The number of aryl methyl sites for hydroxylation is 1. The van der Waals surface area contributed by atoms with Gasteiger partial charge in [0.05, 0.1) is 10.7 Å². The number of hydrogen-bond acceptors (Lipinski definition) is 1.